The van der Waals surface area contributed by atoms with Crippen LogP contribution < -0.4 is 10.7 Å². The van der Waals surface area contributed by atoms with Gasteiger partial charge in [0.1, 0.15) is 0 Å². The van der Waals surface area contributed by atoms with Crippen molar-refractivity contribution in [3.63, 3.8) is 0 Å². The molecule has 2 saturated heterocycles. The molecule has 0 aromatic heterocycles. The van der Waals surface area contributed by atoms with Crippen molar-refractivity contribution in [1.82, 2.24) is 25.6 Å². The van der Waals surface area contributed by atoms with Crippen LogP contribution in [0.2, 0.25) is 5.02 Å². The molecule has 0 spiro atoms. The summed E-state index contributed by atoms with van der Waals surface area (Å²) in [6, 6.07) is 7.27. The Kier molecular flexibility index (Phi) is 7.45. The van der Waals surface area contributed by atoms with Crippen molar-refractivity contribution in [2.75, 3.05) is 6.54 Å². The monoisotopic (exact) mass is 515 g/mol. The Morgan fingerprint density at radius 1 is 1.08 bits per heavy atom. The Balaban J connectivity index is 1.35. The van der Waals surface area contributed by atoms with Crippen LogP contribution in [0.1, 0.15) is 70.8 Å². The van der Waals surface area contributed by atoms with Gasteiger partial charge in [-0.05, 0) is 55.7 Å². The number of nitrogens with one attached hydrogen (secondary N) is 2. The fourth-order valence-corrected chi connectivity index (χ4v) is 6.52. The molecule has 0 bridgehead atoms. The van der Waals surface area contributed by atoms with E-state index in [-0.39, 0.29) is 47.7 Å². The number of hydrogen-bond acceptors (Lipinski definition) is 4. The number of hydrazine groups is 1. The minimum atomic E-state index is -0.527. The lowest BCUT2D eigenvalue weighted by Gasteiger charge is -2.50. The number of amides is 4. The summed E-state index contributed by atoms with van der Waals surface area (Å²) in [5.41, 5.74) is 4.27. The number of urea groups is 1. The largest absolute Gasteiger partial charge is 0.353 e. The van der Waals surface area contributed by atoms with Gasteiger partial charge in [0.25, 0.3) is 0 Å². The summed E-state index contributed by atoms with van der Waals surface area (Å²) in [5, 5.41) is 5.52. The van der Waals surface area contributed by atoms with Gasteiger partial charge in [0.15, 0.2) is 6.29 Å². The summed E-state index contributed by atoms with van der Waals surface area (Å²) in [4.78, 5) is 44.2. The molecule has 9 heteroatoms. The van der Waals surface area contributed by atoms with Gasteiger partial charge in [-0.25, -0.2) is 4.79 Å². The van der Waals surface area contributed by atoms with Crippen LogP contribution in [0, 0.1) is 17.8 Å². The van der Waals surface area contributed by atoms with E-state index < -0.39 is 6.29 Å². The maximum atomic E-state index is 13.7. The number of nitrogens with zero attached hydrogens (tertiary/aromatic N) is 3. The van der Waals surface area contributed by atoms with Gasteiger partial charge in [-0.1, -0.05) is 56.8 Å². The van der Waals surface area contributed by atoms with Gasteiger partial charge in [0, 0.05) is 29.6 Å². The van der Waals surface area contributed by atoms with E-state index in [0.717, 1.165) is 18.4 Å². The van der Waals surface area contributed by atoms with E-state index >= 15 is 0 Å². The number of carbonyl (C=O) groups is 3. The number of hydrogen-bond donors (Lipinski definition) is 2. The molecule has 1 aromatic rings. The standard InChI is InChI=1S/C27H38ClN5O3/c1-17(2)15-31-25(35)22-13-10-19(24(34)29-21-6-4-3-5-7-21)14-23(22)33-26(31)30-32(27(33)36)16-18-8-11-20(28)12-9-18/h8-9,11-12,17,19,21-23,26,30H,3-7,10,13-16H2,1-2H3,(H,29,34). The van der Waals surface area contributed by atoms with Crippen molar-refractivity contribution in [2.24, 2.45) is 17.8 Å². The van der Waals surface area contributed by atoms with Crippen molar-refractivity contribution in [3.05, 3.63) is 34.9 Å². The molecule has 196 valence electrons. The van der Waals surface area contributed by atoms with Crippen LogP contribution in [0.25, 0.3) is 0 Å². The molecule has 4 fully saturated rings. The third kappa shape index (κ3) is 5.07. The number of halogens is 1. The lowest BCUT2D eigenvalue weighted by atomic mass is 9.75. The van der Waals surface area contributed by atoms with Crippen LogP contribution in [0.3, 0.4) is 0 Å². The molecule has 4 unspecified atom stereocenters. The van der Waals surface area contributed by atoms with Crippen LogP contribution in [0.4, 0.5) is 4.79 Å². The lowest BCUT2D eigenvalue weighted by molar-refractivity contribution is -0.159. The molecule has 1 aromatic carbocycles. The summed E-state index contributed by atoms with van der Waals surface area (Å²) < 4.78 is 0. The quantitative estimate of drug-likeness (QED) is 0.597. The first-order valence-corrected chi connectivity index (χ1v) is 13.9. The van der Waals surface area contributed by atoms with E-state index in [1.54, 1.807) is 5.01 Å². The van der Waals surface area contributed by atoms with Crippen molar-refractivity contribution >= 4 is 29.4 Å². The molecule has 36 heavy (non-hydrogen) atoms. The fraction of sp³-hybridized carbons (Fsp3) is 0.667. The molecule has 4 amide bonds. The molecule has 4 atom stereocenters. The zero-order chi connectivity index (χ0) is 25.4. The number of rotatable bonds is 6. The molecule has 8 nitrogen and oxygen atoms in total. The van der Waals surface area contributed by atoms with Crippen LogP contribution in [-0.2, 0) is 16.1 Å². The molecule has 5 rings (SSSR count). The molecular weight excluding hydrogens is 478 g/mol. The summed E-state index contributed by atoms with van der Waals surface area (Å²) >= 11 is 6.04. The lowest BCUT2D eigenvalue weighted by Crippen LogP contribution is -2.67. The highest BCUT2D eigenvalue weighted by Gasteiger charge is 2.56. The molecule has 2 N–H and O–H groups in total. The van der Waals surface area contributed by atoms with Crippen LogP contribution in [0.5, 0.6) is 0 Å². The molecule has 0 radical (unpaired) electrons. The van der Waals surface area contributed by atoms with Gasteiger partial charge in [0.2, 0.25) is 11.8 Å². The smallest absolute Gasteiger partial charge is 0.337 e. The van der Waals surface area contributed by atoms with Crippen molar-refractivity contribution in [3.8, 4) is 0 Å². The summed E-state index contributed by atoms with van der Waals surface area (Å²) in [5.74, 6) is 0.0184. The minimum Gasteiger partial charge on any atom is -0.353 e. The Morgan fingerprint density at radius 2 is 1.81 bits per heavy atom. The van der Waals surface area contributed by atoms with Gasteiger partial charge in [-0.2, -0.15) is 5.43 Å². The first kappa shape index (κ1) is 25.3. The van der Waals surface area contributed by atoms with Gasteiger partial charge in [0.05, 0.1) is 12.5 Å². The molecule has 2 heterocycles. The van der Waals surface area contributed by atoms with Crippen molar-refractivity contribution < 1.29 is 14.4 Å². The predicted molar refractivity (Wildman–Crippen MR) is 137 cm³/mol. The summed E-state index contributed by atoms with van der Waals surface area (Å²) in [6.07, 6.45) is 6.99. The highest BCUT2D eigenvalue weighted by molar-refractivity contribution is 6.30. The average Bonchev–Trinajstić information content (AvgIpc) is 3.19. The summed E-state index contributed by atoms with van der Waals surface area (Å²) in [6.45, 7) is 5.11. The number of fused-ring (bicyclic) bond motifs is 3. The van der Waals surface area contributed by atoms with Crippen LogP contribution in [-0.4, -0.2) is 57.6 Å². The number of carbonyl (C=O) groups excluding carboxylic acids is 3. The minimum absolute atomic E-state index is 0.0894. The average molecular weight is 516 g/mol. The Bertz CT molecular complexity index is 980. The Labute approximate surface area is 218 Å². The third-order valence-corrected chi connectivity index (χ3v) is 8.45. The van der Waals surface area contributed by atoms with E-state index in [0.29, 0.717) is 37.4 Å². The van der Waals surface area contributed by atoms with Crippen LogP contribution >= 0.6 is 11.6 Å². The first-order chi connectivity index (χ1) is 17.3. The summed E-state index contributed by atoms with van der Waals surface area (Å²) in [7, 11) is 0. The normalized spacial score (nSPS) is 28.9. The molecule has 2 aliphatic heterocycles. The third-order valence-electron chi connectivity index (χ3n) is 8.19. The second kappa shape index (κ2) is 10.6. The Morgan fingerprint density at radius 3 is 2.50 bits per heavy atom. The topological polar surface area (TPSA) is 85.0 Å². The number of benzene rings is 1. The van der Waals surface area contributed by atoms with E-state index in [2.05, 4.69) is 24.6 Å². The maximum absolute atomic E-state index is 13.7. The van der Waals surface area contributed by atoms with Gasteiger partial charge in [-0.15, -0.1) is 0 Å². The zero-order valence-electron chi connectivity index (χ0n) is 21.3. The highest BCUT2D eigenvalue weighted by atomic mass is 35.5. The van der Waals surface area contributed by atoms with E-state index in [1.807, 2.05) is 34.1 Å². The molecule has 2 aliphatic carbocycles. The zero-order valence-corrected chi connectivity index (χ0v) is 22.0. The van der Waals surface area contributed by atoms with Gasteiger partial charge >= 0.3 is 6.03 Å². The molecule has 2 saturated carbocycles. The van der Waals surface area contributed by atoms with Crippen LogP contribution in [0.15, 0.2) is 24.3 Å². The second-order valence-corrected chi connectivity index (χ2v) is 11.8. The van der Waals surface area contributed by atoms with Crippen molar-refractivity contribution in [1.29, 1.82) is 0 Å². The van der Waals surface area contributed by atoms with E-state index in [9.17, 15) is 14.4 Å². The second-order valence-electron chi connectivity index (χ2n) is 11.3. The molecule has 4 aliphatic rings. The van der Waals surface area contributed by atoms with E-state index in [4.69, 9.17) is 11.6 Å². The first-order valence-electron chi connectivity index (χ1n) is 13.5. The van der Waals surface area contributed by atoms with Gasteiger partial charge in [-0.3, -0.25) is 19.5 Å². The van der Waals surface area contributed by atoms with E-state index in [1.165, 1.54) is 19.3 Å². The highest BCUT2D eigenvalue weighted by Crippen LogP contribution is 2.41. The van der Waals surface area contributed by atoms with Crippen molar-refractivity contribution in [2.45, 2.75) is 90.1 Å². The maximum Gasteiger partial charge on any atom is 0.337 e. The molecular formula is C27H38ClN5O3. The fourth-order valence-electron chi connectivity index (χ4n) is 6.39. The van der Waals surface area contributed by atoms with Gasteiger partial charge < -0.3 is 10.2 Å². The predicted octanol–water partition coefficient (Wildman–Crippen LogP) is 4.10. The SMILES string of the molecule is CC(C)CN1C(=O)C2CCC(C(=O)NC3CCCCC3)CC2N2C(=O)N(Cc3ccc(Cl)cc3)NC12. The Hall–Kier alpha value is -2.32.